The zero-order valence-corrected chi connectivity index (χ0v) is 30.1. The van der Waals surface area contributed by atoms with Crippen molar-refractivity contribution in [3.05, 3.63) is 194 Å². The van der Waals surface area contributed by atoms with Gasteiger partial charge >= 0.3 is 23.0 Å². The number of hydrogen-bond donors (Lipinski definition) is 0. The van der Waals surface area contributed by atoms with Crippen LogP contribution in [0.25, 0.3) is 0 Å². The highest BCUT2D eigenvalue weighted by Crippen LogP contribution is 2.78. The summed E-state index contributed by atoms with van der Waals surface area (Å²) in [7, 11) is -11.8. The van der Waals surface area contributed by atoms with Crippen LogP contribution in [0.1, 0.15) is 5.56 Å². The molecule has 9 nitrogen and oxygen atoms in total. The lowest BCUT2D eigenvalue weighted by Crippen LogP contribution is -2.11. The van der Waals surface area contributed by atoms with Crippen LogP contribution in [0.3, 0.4) is 0 Å². The molecule has 0 amide bonds. The minimum atomic E-state index is -3.95. The number of para-hydroxylation sites is 6. The van der Waals surface area contributed by atoms with Gasteiger partial charge in [0.1, 0.15) is 34.5 Å². The molecule has 0 spiro atoms. The second kappa shape index (κ2) is 15.6. The monoisotopic (exact) mass is 733 g/mol. The maximum Gasteiger partial charge on any atom is 0.460 e. The average Bonchev–Trinajstić information content (AvgIpc) is 3.14. The van der Waals surface area contributed by atoms with Gasteiger partial charge in [-0.2, -0.15) is 0 Å². The molecule has 6 aromatic carbocycles. The molecule has 0 fully saturated rings. The van der Waals surface area contributed by atoms with Crippen LogP contribution in [0.4, 0.5) is 0 Å². The molecule has 1 atom stereocenters. The van der Waals surface area contributed by atoms with E-state index in [-0.39, 0.29) is 0 Å². The fraction of sp³-hybridized carbons (Fsp3) is 0.0256. The van der Waals surface area contributed by atoms with Gasteiger partial charge in [0, 0.05) is 0 Å². The van der Waals surface area contributed by atoms with Crippen LogP contribution in [0.2, 0.25) is 0 Å². The van der Waals surface area contributed by atoms with Crippen LogP contribution in [0.15, 0.2) is 202 Å². The first-order valence-corrected chi connectivity index (χ1v) is 20.7. The molecule has 6 aromatic rings. The molecule has 0 saturated carbocycles. The van der Waals surface area contributed by atoms with Gasteiger partial charge in [0.2, 0.25) is 0 Å². The lowest BCUT2D eigenvalue weighted by atomic mass is 10.1. The van der Waals surface area contributed by atoms with Crippen LogP contribution < -0.4 is 27.1 Å². The number of hydrogen-bond acceptors (Lipinski definition) is 9. The summed E-state index contributed by atoms with van der Waals surface area (Å²) in [6.45, 7) is 3.95. The summed E-state index contributed by atoms with van der Waals surface area (Å²) in [6.07, 6.45) is 2.33. The number of rotatable bonds is 14. The molecule has 7 rings (SSSR count). The third-order valence-corrected chi connectivity index (χ3v) is 15.2. The molecule has 0 N–H and O–H groups in total. The topological polar surface area (TPSA) is 92.5 Å². The SMILES string of the molecule is C=CCc1ccccc1OP1(Oc2ccccc2)=NP(Oc2ccccc2)(Oc2ccccc2)=NP(Oc2ccccc2)(Oc2ccccc2)=N1. The lowest BCUT2D eigenvalue weighted by molar-refractivity contribution is 0.442. The molecule has 1 unspecified atom stereocenters. The van der Waals surface area contributed by atoms with Gasteiger partial charge in [-0.15, -0.1) is 6.58 Å². The van der Waals surface area contributed by atoms with Gasteiger partial charge in [-0.25, -0.2) is 0 Å². The average molecular weight is 734 g/mol. The third kappa shape index (κ3) is 8.65. The molecular formula is C39H34N3O6P3. The van der Waals surface area contributed by atoms with Gasteiger partial charge in [-0.05, 0) is 78.7 Å². The highest BCUT2D eigenvalue weighted by atomic mass is 31.3. The van der Waals surface area contributed by atoms with Crippen LogP contribution in [-0.4, -0.2) is 0 Å². The molecule has 0 aliphatic carbocycles. The third-order valence-electron chi connectivity index (χ3n) is 7.07. The Morgan fingerprint density at radius 3 is 0.961 bits per heavy atom. The molecule has 0 radical (unpaired) electrons. The molecule has 51 heavy (non-hydrogen) atoms. The number of allylic oxidation sites excluding steroid dienone is 1. The fourth-order valence-electron chi connectivity index (χ4n) is 4.90. The summed E-state index contributed by atoms with van der Waals surface area (Å²) in [5.74, 6) is 2.77. The van der Waals surface area contributed by atoms with Gasteiger partial charge in [-0.1, -0.05) is 129 Å². The maximum atomic E-state index is 6.98. The first-order valence-electron chi connectivity index (χ1n) is 16.1. The predicted molar refractivity (Wildman–Crippen MR) is 204 cm³/mol. The van der Waals surface area contributed by atoms with E-state index in [1.165, 1.54) is 0 Å². The molecular weight excluding hydrogens is 699 g/mol. The van der Waals surface area contributed by atoms with E-state index in [0.717, 1.165) is 5.56 Å². The van der Waals surface area contributed by atoms with Gasteiger partial charge in [0.25, 0.3) is 0 Å². The van der Waals surface area contributed by atoms with Crippen molar-refractivity contribution in [3.8, 4) is 34.5 Å². The molecule has 0 bridgehead atoms. The number of nitrogens with zero attached hydrogens (tertiary/aromatic N) is 3. The Morgan fingerprint density at radius 2 is 0.647 bits per heavy atom. The van der Waals surface area contributed by atoms with E-state index in [9.17, 15) is 0 Å². The van der Waals surface area contributed by atoms with E-state index < -0.39 is 23.0 Å². The Kier molecular flexibility index (Phi) is 10.4. The highest BCUT2D eigenvalue weighted by molar-refractivity contribution is 7.79. The summed E-state index contributed by atoms with van der Waals surface area (Å²) in [5.41, 5.74) is 0.852. The quantitative estimate of drug-likeness (QED) is 0.0817. The Morgan fingerprint density at radius 1 is 0.373 bits per heavy atom. The molecule has 1 heterocycles. The van der Waals surface area contributed by atoms with E-state index in [1.54, 1.807) is 6.08 Å². The van der Waals surface area contributed by atoms with Gasteiger partial charge in [-0.3, -0.25) is 0 Å². The summed E-state index contributed by atoms with van der Waals surface area (Å²) in [5, 5.41) is 0. The summed E-state index contributed by atoms with van der Waals surface area (Å²) < 4.78 is 56.7. The first kappa shape index (κ1) is 34.0. The zero-order valence-electron chi connectivity index (χ0n) is 27.4. The van der Waals surface area contributed by atoms with E-state index in [0.29, 0.717) is 40.9 Å². The minimum absolute atomic E-state index is 0.455. The van der Waals surface area contributed by atoms with Gasteiger partial charge in [0.15, 0.2) is 0 Å². The maximum absolute atomic E-state index is 6.98. The predicted octanol–water partition coefficient (Wildman–Crippen LogP) is 13.0. The zero-order chi connectivity index (χ0) is 34.8. The van der Waals surface area contributed by atoms with Crippen molar-refractivity contribution in [1.29, 1.82) is 0 Å². The first-order chi connectivity index (χ1) is 25.0. The van der Waals surface area contributed by atoms with Crippen LogP contribution in [0, 0.1) is 0 Å². The summed E-state index contributed by atoms with van der Waals surface area (Å²) in [4.78, 5) is 0. The van der Waals surface area contributed by atoms with E-state index >= 15 is 0 Å². The Bertz CT molecular complexity index is 2060. The van der Waals surface area contributed by atoms with E-state index in [4.69, 9.17) is 40.7 Å². The normalized spacial score (nSPS) is 16.9. The van der Waals surface area contributed by atoms with Crippen molar-refractivity contribution in [2.24, 2.45) is 13.5 Å². The second-order valence-electron chi connectivity index (χ2n) is 11.0. The number of benzene rings is 6. The van der Waals surface area contributed by atoms with Gasteiger partial charge < -0.3 is 27.1 Å². The molecule has 1 aliphatic heterocycles. The van der Waals surface area contributed by atoms with E-state index in [1.807, 2.05) is 176 Å². The van der Waals surface area contributed by atoms with Gasteiger partial charge in [0.05, 0.1) is 0 Å². The Balaban J connectivity index is 1.57. The summed E-state index contributed by atoms with van der Waals surface area (Å²) >= 11 is 0. The van der Waals surface area contributed by atoms with Crippen molar-refractivity contribution in [3.63, 3.8) is 0 Å². The van der Waals surface area contributed by atoms with Crippen LogP contribution >= 0.6 is 23.0 Å². The summed E-state index contributed by atoms with van der Waals surface area (Å²) in [6, 6.07) is 53.7. The van der Waals surface area contributed by atoms with Crippen molar-refractivity contribution < 1.29 is 27.1 Å². The lowest BCUT2D eigenvalue weighted by Gasteiger charge is -2.33. The molecule has 0 saturated heterocycles. The Hall–Kier alpha value is -5.45. The van der Waals surface area contributed by atoms with Crippen molar-refractivity contribution in [2.75, 3.05) is 0 Å². The molecule has 1 aliphatic rings. The standard InChI is InChI=1S/C39H34N3O6P3/c1-2-20-33-21-18-19-32-39(33)48-51(47-38-30-16-7-17-31-38)41-49(43-34-22-8-3-9-23-34,44-35-24-10-4-11-25-35)40-50(42-51,45-36-26-12-5-13-27-36)46-37-28-14-6-15-29-37/h2-19,21-32H,1,20H2. The highest BCUT2D eigenvalue weighted by Gasteiger charge is 2.49. The van der Waals surface area contributed by atoms with Crippen LogP contribution in [-0.2, 0) is 6.42 Å². The Labute approximate surface area is 297 Å². The molecule has 0 aromatic heterocycles. The van der Waals surface area contributed by atoms with Crippen molar-refractivity contribution >= 4 is 23.0 Å². The van der Waals surface area contributed by atoms with Crippen LogP contribution in [0.5, 0.6) is 34.5 Å². The van der Waals surface area contributed by atoms with Crippen molar-refractivity contribution in [2.45, 2.75) is 6.42 Å². The molecule has 12 heteroatoms. The fourth-order valence-corrected chi connectivity index (χ4v) is 14.0. The van der Waals surface area contributed by atoms with Crippen molar-refractivity contribution in [1.82, 2.24) is 0 Å². The smallest absolute Gasteiger partial charge is 0.413 e. The minimum Gasteiger partial charge on any atom is -0.413 e. The van der Waals surface area contributed by atoms with E-state index in [2.05, 4.69) is 6.58 Å². The second-order valence-corrected chi connectivity index (χ2v) is 17.1. The largest absolute Gasteiger partial charge is 0.460 e. The molecule has 256 valence electrons.